The van der Waals surface area contributed by atoms with Gasteiger partial charge in [0.2, 0.25) is 11.8 Å². The van der Waals surface area contributed by atoms with Crippen LogP contribution in [0.15, 0.2) is 18.3 Å². The average molecular weight is 248 g/mol. The van der Waals surface area contributed by atoms with Gasteiger partial charge in [-0.2, -0.15) is 0 Å². The Balaban J connectivity index is 2.31. The highest BCUT2D eigenvalue weighted by atomic mass is 16.2. The Hall–Kier alpha value is -2.44. The molecule has 1 aliphatic rings. The molecule has 3 N–H and O–H groups in total. The molecule has 2 rings (SSSR count). The summed E-state index contributed by atoms with van der Waals surface area (Å²) in [6.07, 6.45) is 1.46. The molecule has 94 valence electrons. The van der Waals surface area contributed by atoms with Gasteiger partial charge in [0, 0.05) is 6.20 Å². The van der Waals surface area contributed by atoms with Crippen LogP contribution in [-0.2, 0) is 9.59 Å². The van der Waals surface area contributed by atoms with E-state index < -0.39 is 23.8 Å². The van der Waals surface area contributed by atoms with Crippen LogP contribution in [0.1, 0.15) is 17.3 Å². The maximum atomic E-state index is 12.2. The van der Waals surface area contributed by atoms with E-state index in [-0.39, 0.29) is 17.9 Å². The number of aromatic nitrogens is 1. The van der Waals surface area contributed by atoms with Crippen LogP contribution in [0.4, 0.5) is 5.82 Å². The van der Waals surface area contributed by atoms with Crippen LogP contribution in [0.25, 0.3) is 0 Å². The first-order chi connectivity index (χ1) is 8.50. The van der Waals surface area contributed by atoms with Gasteiger partial charge < -0.3 is 10.6 Å². The molecule has 7 nitrogen and oxygen atoms in total. The van der Waals surface area contributed by atoms with Crippen molar-refractivity contribution in [1.82, 2.24) is 15.2 Å². The van der Waals surface area contributed by atoms with E-state index in [2.05, 4.69) is 10.3 Å². The van der Waals surface area contributed by atoms with Gasteiger partial charge in [0.05, 0.1) is 5.56 Å². The lowest BCUT2D eigenvalue weighted by molar-refractivity contribution is -0.138. The number of nitrogens with one attached hydrogen (secondary N) is 1. The summed E-state index contributed by atoms with van der Waals surface area (Å²) in [4.78, 5) is 39.9. The number of imide groups is 1. The van der Waals surface area contributed by atoms with Gasteiger partial charge >= 0.3 is 0 Å². The second-order valence-electron chi connectivity index (χ2n) is 3.96. The van der Waals surface area contributed by atoms with E-state index >= 15 is 0 Å². The summed E-state index contributed by atoms with van der Waals surface area (Å²) in [6, 6.07) is 2.36. The first kappa shape index (κ1) is 12.0. The number of carbonyl (C=O) groups excluding carboxylic acids is 3. The van der Waals surface area contributed by atoms with Gasteiger partial charge in [-0.3, -0.25) is 19.7 Å². The second-order valence-corrected chi connectivity index (χ2v) is 3.96. The third-order valence-electron chi connectivity index (χ3n) is 2.75. The quantitative estimate of drug-likeness (QED) is 0.630. The topological polar surface area (TPSA) is 105 Å². The van der Waals surface area contributed by atoms with Crippen molar-refractivity contribution in [1.29, 1.82) is 0 Å². The van der Waals surface area contributed by atoms with Gasteiger partial charge in [-0.15, -0.1) is 0 Å². The molecule has 3 amide bonds. The molecule has 1 fully saturated rings. The van der Waals surface area contributed by atoms with Crippen molar-refractivity contribution >= 4 is 23.5 Å². The normalized spacial score (nSPS) is 19.6. The van der Waals surface area contributed by atoms with Crippen molar-refractivity contribution in [3.63, 3.8) is 0 Å². The molecule has 7 heteroatoms. The van der Waals surface area contributed by atoms with Gasteiger partial charge in [0.25, 0.3) is 5.91 Å². The number of nitrogens with two attached hydrogens (primary N) is 1. The lowest BCUT2D eigenvalue weighted by atomic mass is 10.1. The highest BCUT2D eigenvalue weighted by Crippen LogP contribution is 2.14. The van der Waals surface area contributed by atoms with Crippen molar-refractivity contribution in [3.05, 3.63) is 23.9 Å². The molecular formula is C11H12N4O3. The third kappa shape index (κ3) is 2.02. The summed E-state index contributed by atoms with van der Waals surface area (Å²) < 4.78 is 0. The predicted octanol–water partition coefficient (Wildman–Crippen LogP) is -0.849. The van der Waals surface area contributed by atoms with Gasteiger partial charge in [-0.1, -0.05) is 0 Å². The molecule has 1 aromatic rings. The minimum Gasteiger partial charge on any atom is -0.383 e. The molecule has 1 atom stereocenters. The zero-order valence-electron chi connectivity index (χ0n) is 9.71. The van der Waals surface area contributed by atoms with Gasteiger partial charge in [-0.05, 0) is 19.1 Å². The molecular weight excluding hydrogens is 236 g/mol. The largest absolute Gasteiger partial charge is 0.383 e. The van der Waals surface area contributed by atoms with E-state index in [1.165, 1.54) is 17.2 Å². The monoisotopic (exact) mass is 248 g/mol. The number of carbonyl (C=O) groups is 3. The fourth-order valence-corrected chi connectivity index (χ4v) is 1.72. The van der Waals surface area contributed by atoms with Crippen LogP contribution in [0.2, 0.25) is 0 Å². The summed E-state index contributed by atoms with van der Waals surface area (Å²) in [5.74, 6) is -1.40. The van der Waals surface area contributed by atoms with Crippen molar-refractivity contribution in [2.75, 3.05) is 12.3 Å². The number of hydrogen-bond acceptors (Lipinski definition) is 5. The number of nitrogens with zero attached hydrogens (tertiary/aromatic N) is 2. The molecule has 1 saturated heterocycles. The molecule has 0 aromatic carbocycles. The Morgan fingerprint density at radius 3 is 2.94 bits per heavy atom. The summed E-state index contributed by atoms with van der Waals surface area (Å²) >= 11 is 0. The smallest absolute Gasteiger partial charge is 0.258 e. The summed E-state index contributed by atoms with van der Waals surface area (Å²) in [5.41, 5.74) is 5.79. The molecule has 0 spiro atoms. The van der Waals surface area contributed by atoms with Gasteiger partial charge in [-0.25, -0.2) is 4.98 Å². The first-order valence-corrected chi connectivity index (χ1v) is 5.36. The highest BCUT2D eigenvalue weighted by molar-refractivity contribution is 6.08. The molecule has 1 aliphatic heterocycles. The Labute approximate surface area is 103 Å². The van der Waals surface area contributed by atoms with Crippen LogP contribution in [-0.4, -0.2) is 40.2 Å². The summed E-state index contributed by atoms with van der Waals surface area (Å²) in [6.45, 7) is 1.38. The van der Waals surface area contributed by atoms with Crippen LogP contribution < -0.4 is 11.1 Å². The van der Waals surface area contributed by atoms with Crippen molar-refractivity contribution in [3.8, 4) is 0 Å². The molecule has 18 heavy (non-hydrogen) atoms. The zero-order valence-corrected chi connectivity index (χ0v) is 9.71. The van der Waals surface area contributed by atoms with E-state index in [1.54, 1.807) is 13.0 Å². The van der Waals surface area contributed by atoms with Crippen LogP contribution in [0.5, 0.6) is 0 Å². The maximum absolute atomic E-state index is 12.2. The predicted molar refractivity (Wildman–Crippen MR) is 62.3 cm³/mol. The molecule has 1 unspecified atom stereocenters. The zero-order chi connectivity index (χ0) is 13.3. The second kappa shape index (κ2) is 4.44. The standard InChI is InChI=1S/C11H12N4O3/c1-6-10(17)14-8(16)5-15(6)11(18)7-3-2-4-13-9(7)12/h2-4,6H,5H2,1H3,(H2,12,13)(H,14,16,17). The summed E-state index contributed by atoms with van der Waals surface area (Å²) in [5, 5.41) is 2.16. The minimum atomic E-state index is -0.713. The Morgan fingerprint density at radius 2 is 2.28 bits per heavy atom. The molecule has 0 bridgehead atoms. The minimum absolute atomic E-state index is 0.0770. The van der Waals surface area contributed by atoms with E-state index in [0.29, 0.717) is 0 Å². The fraction of sp³-hybridized carbons (Fsp3) is 0.273. The van der Waals surface area contributed by atoms with E-state index in [9.17, 15) is 14.4 Å². The Kier molecular flexibility index (Phi) is 2.97. The van der Waals surface area contributed by atoms with Crippen molar-refractivity contribution in [2.45, 2.75) is 13.0 Å². The summed E-state index contributed by atoms with van der Waals surface area (Å²) in [7, 11) is 0. The van der Waals surface area contributed by atoms with Gasteiger partial charge in [0.15, 0.2) is 0 Å². The molecule has 0 saturated carbocycles. The SMILES string of the molecule is CC1C(=O)NC(=O)CN1C(=O)c1cccnc1N. The third-order valence-corrected chi connectivity index (χ3v) is 2.75. The van der Waals surface area contributed by atoms with Crippen molar-refractivity contribution < 1.29 is 14.4 Å². The van der Waals surface area contributed by atoms with E-state index in [1.807, 2.05) is 0 Å². The molecule has 0 radical (unpaired) electrons. The lowest BCUT2D eigenvalue weighted by Gasteiger charge is -2.31. The first-order valence-electron chi connectivity index (χ1n) is 5.36. The van der Waals surface area contributed by atoms with E-state index in [4.69, 9.17) is 5.73 Å². The average Bonchev–Trinajstić information content (AvgIpc) is 2.33. The van der Waals surface area contributed by atoms with Crippen LogP contribution >= 0.6 is 0 Å². The van der Waals surface area contributed by atoms with Crippen LogP contribution in [0.3, 0.4) is 0 Å². The fourth-order valence-electron chi connectivity index (χ4n) is 1.72. The van der Waals surface area contributed by atoms with Gasteiger partial charge in [0.1, 0.15) is 18.4 Å². The highest BCUT2D eigenvalue weighted by Gasteiger charge is 2.34. The Bertz CT molecular complexity index is 529. The number of rotatable bonds is 1. The molecule has 0 aliphatic carbocycles. The number of piperazine rings is 1. The molecule has 2 heterocycles. The maximum Gasteiger partial charge on any atom is 0.258 e. The molecule has 1 aromatic heterocycles. The number of nitrogen functional groups attached to an aromatic ring is 1. The van der Waals surface area contributed by atoms with Crippen molar-refractivity contribution in [2.24, 2.45) is 0 Å². The van der Waals surface area contributed by atoms with Crippen LogP contribution in [0, 0.1) is 0 Å². The Morgan fingerprint density at radius 1 is 1.56 bits per heavy atom. The number of anilines is 1. The number of pyridine rings is 1. The number of amides is 3. The van der Waals surface area contributed by atoms with E-state index in [0.717, 1.165) is 0 Å². The number of hydrogen-bond donors (Lipinski definition) is 2. The lowest BCUT2D eigenvalue weighted by Crippen LogP contribution is -2.58.